The van der Waals surface area contributed by atoms with Crippen LogP contribution in [0, 0.1) is 0 Å². The number of rotatable bonds is 5. The standard InChI is InChI=1S/C16H16N2O3/c1-2-9-18(11-15(19)20)16(21)17-14-8-7-12-5-3-4-6-13(12)10-14/h2-8,10H,1,9,11H2,(H,17,21)(H,19,20). The van der Waals surface area contributed by atoms with Crippen LogP contribution in [0.2, 0.25) is 0 Å². The first-order valence-electron chi connectivity index (χ1n) is 6.47. The zero-order chi connectivity index (χ0) is 15.2. The fourth-order valence-electron chi connectivity index (χ4n) is 2.01. The van der Waals surface area contributed by atoms with Crippen molar-refractivity contribution in [2.24, 2.45) is 0 Å². The number of aliphatic carboxylic acids is 1. The first-order valence-corrected chi connectivity index (χ1v) is 6.47. The van der Waals surface area contributed by atoms with E-state index in [1.165, 1.54) is 11.0 Å². The summed E-state index contributed by atoms with van der Waals surface area (Å²) in [5, 5.41) is 13.6. The molecule has 5 heteroatoms. The van der Waals surface area contributed by atoms with Gasteiger partial charge in [-0.2, -0.15) is 0 Å². The van der Waals surface area contributed by atoms with Gasteiger partial charge in [0.2, 0.25) is 0 Å². The highest BCUT2D eigenvalue weighted by Crippen LogP contribution is 2.19. The molecular weight excluding hydrogens is 268 g/mol. The van der Waals surface area contributed by atoms with Gasteiger partial charge in [0.1, 0.15) is 6.54 Å². The molecule has 0 saturated carbocycles. The highest BCUT2D eigenvalue weighted by molar-refractivity contribution is 5.94. The third kappa shape index (κ3) is 3.82. The van der Waals surface area contributed by atoms with Crippen LogP contribution < -0.4 is 5.32 Å². The number of carbonyl (C=O) groups excluding carboxylic acids is 1. The molecule has 2 N–H and O–H groups in total. The van der Waals surface area contributed by atoms with E-state index in [-0.39, 0.29) is 13.1 Å². The molecule has 21 heavy (non-hydrogen) atoms. The maximum absolute atomic E-state index is 12.1. The van der Waals surface area contributed by atoms with Crippen molar-refractivity contribution >= 4 is 28.5 Å². The molecule has 2 aromatic carbocycles. The molecule has 108 valence electrons. The van der Waals surface area contributed by atoms with Crippen molar-refractivity contribution < 1.29 is 14.7 Å². The number of urea groups is 1. The van der Waals surface area contributed by atoms with Gasteiger partial charge in [0.15, 0.2) is 0 Å². The number of nitrogens with zero attached hydrogens (tertiary/aromatic N) is 1. The fraction of sp³-hybridized carbons (Fsp3) is 0.125. The Morgan fingerprint density at radius 1 is 1.19 bits per heavy atom. The molecule has 0 spiro atoms. The van der Waals surface area contributed by atoms with E-state index in [1.807, 2.05) is 36.4 Å². The van der Waals surface area contributed by atoms with E-state index < -0.39 is 12.0 Å². The minimum atomic E-state index is -1.06. The number of fused-ring (bicyclic) bond motifs is 1. The average molecular weight is 284 g/mol. The van der Waals surface area contributed by atoms with E-state index >= 15 is 0 Å². The number of carboxylic acid groups (broad SMARTS) is 1. The summed E-state index contributed by atoms with van der Waals surface area (Å²) < 4.78 is 0. The summed E-state index contributed by atoms with van der Waals surface area (Å²) >= 11 is 0. The fourth-order valence-corrected chi connectivity index (χ4v) is 2.01. The number of nitrogens with one attached hydrogen (secondary N) is 1. The molecule has 0 aliphatic carbocycles. The van der Waals surface area contributed by atoms with Crippen molar-refractivity contribution in [2.45, 2.75) is 0 Å². The number of benzene rings is 2. The van der Waals surface area contributed by atoms with Gasteiger partial charge in [-0.1, -0.05) is 36.4 Å². The van der Waals surface area contributed by atoms with Crippen molar-refractivity contribution in [3.8, 4) is 0 Å². The number of hydrogen-bond donors (Lipinski definition) is 2. The van der Waals surface area contributed by atoms with E-state index in [0.717, 1.165) is 10.8 Å². The van der Waals surface area contributed by atoms with Crippen LogP contribution in [0.5, 0.6) is 0 Å². The third-order valence-corrected chi connectivity index (χ3v) is 2.96. The van der Waals surface area contributed by atoms with E-state index in [2.05, 4.69) is 11.9 Å². The number of amides is 2. The van der Waals surface area contributed by atoms with Crippen molar-refractivity contribution in [1.82, 2.24) is 4.90 Å². The van der Waals surface area contributed by atoms with Crippen LogP contribution in [0.15, 0.2) is 55.1 Å². The maximum atomic E-state index is 12.1. The van der Waals surface area contributed by atoms with Crippen LogP contribution in [-0.2, 0) is 4.79 Å². The summed E-state index contributed by atoms with van der Waals surface area (Å²) in [6, 6.07) is 12.9. The second-order valence-electron chi connectivity index (χ2n) is 4.56. The lowest BCUT2D eigenvalue weighted by atomic mass is 10.1. The van der Waals surface area contributed by atoms with E-state index in [4.69, 9.17) is 5.11 Å². The van der Waals surface area contributed by atoms with Crippen molar-refractivity contribution in [3.05, 3.63) is 55.1 Å². The predicted molar refractivity (Wildman–Crippen MR) is 82.4 cm³/mol. The highest BCUT2D eigenvalue weighted by Gasteiger charge is 2.15. The first kappa shape index (κ1) is 14.6. The molecule has 0 atom stereocenters. The summed E-state index contributed by atoms with van der Waals surface area (Å²) in [6.45, 7) is 3.33. The summed E-state index contributed by atoms with van der Waals surface area (Å²) in [5.74, 6) is -1.06. The van der Waals surface area contributed by atoms with Crippen molar-refractivity contribution in [3.63, 3.8) is 0 Å². The molecule has 0 aromatic heterocycles. The molecule has 0 saturated heterocycles. The molecule has 0 radical (unpaired) electrons. The van der Waals surface area contributed by atoms with Gasteiger partial charge in [0.25, 0.3) is 0 Å². The highest BCUT2D eigenvalue weighted by atomic mass is 16.4. The second kappa shape index (κ2) is 6.56. The van der Waals surface area contributed by atoms with E-state index in [9.17, 15) is 9.59 Å². The van der Waals surface area contributed by atoms with Gasteiger partial charge in [-0.15, -0.1) is 6.58 Å². The lowest BCUT2D eigenvalue weighted by Crippen LogP contribution is -2.38. The van der Waals surface area contributed by atoms with Crippen LogP contribution >= 0.6 is 0 Å². The molecule has 0 unspecified atom stereocenters. The Kier molecular flexibility index (Phi) is 4.56. The molecule has 0 heterocycles. The second-order valence-corrected chi connectivity index (χ2v) is 4.56. The number of carbonyl (C=O) groups is 2. The Hall–Kier alpha value is -2.82. The van der Waals surface area contributed by atoms with Crippen LogP contribution in [0.25, 0.3) is 10.8 Å². The lowest BCUT2D eigenvalue weighted by Gasteiger charge is -2.19. The van der Waals surface area contributed by atoms with Gasteiger partial charge in [-0.25, -0.2) is 4.79 Å². The molecular formula is C16H16N2O3. The monoisotopic (exact) mass is 284 g/mol. The summed E-state index contributed by atoms with van der Waals surface area (Å²) in [6.07, 6.45) is 1.49. The lowest BCUT2D eigenvalue weighted by molar-refractivity contribution is -0.137. The predicted octanol–water partition coefficient (Wildman–Crippen LogP) is 2.94. The van der Waals surface area contributed by atoms with Crippen molar-refractivity contribution in [2.75, 3.05) is 18.4 Å². The number of anilines is 1. The minimum Gasteiger partial charge on any atom is -0.480 e. The SMILES string of the molecule is C=CCN(CC(=O)O)C(=O)Nc1ccc2ccccc2c1. The third-order valence-electron chi connectivity index (χ3n) is 2.96. The molecule has 2 amide bonds. The Morgan fingerprint density at radius 3 is 2.57 bits per heavy atom. The maximum Gasteiger partial charge on any atom is 0.323 e. The number of carboxylic acids is 1. The quantitative estimate of drug-likeness (QED) is 0.829. The number of hydrogen-bond acceptors (Lipinski definition) is 2. The Morgan fingerprint density at radius 2 is 1.90 bits per heavy atom. The normalized spacial score (nSPS) is 10.1. The van der Waals surface area contributed by atoms with Gasteiger partial charge >= 0.3 is 12.0 Å². The summed E-state index contributed by atoms with van der Waals surface area (Å²) in [7, 11) is 0. The van der Waals surface area contributed by atoms with E-state index in [0.29, 0.717) is 5.69 Å². The molecule has 2 aromatic rings. The van der Waals surface area contributed by atoms with Gasteiger partial charge in [0, 0.05) is 12.2 Å². The summed E-state index contributed by atoms with van der Waals surface area (Å²) in [5.41, 5.74) is 0.623. The smallest absolute Gasteiger partial charge is 0.323 e. The van der Waals surface area contributed by atoms with Gasteiger partial charge in [0.05, 0.1) is 0 Å². The van der Waals surface area contributed by atoms with Crippen LogP contribution in [0.1, 0.15) is 0 Å². The molecule has 5 nitrogen and oxygen atoms in total. The van der Waals surface area contributed by atoms with Crippen molar-refractivity contribution in [1.29, 1.82) is 0 Å². The zero-order valence-corrected chi connectivity index (χ0v) is 11.5. The van der Waals surface area contributed by atoms with Crippen LogP contribution in [0.3, 0.4) is 0 Å². The van der Waals surface area contributed by atoms with Gasteiger partial charge < -0.3 is 15.3 Å². The molecule has 0 fully saturated rings. The van der Waals surface area contributed by atoms with Gasteiger partial charge in [-0.3, -0.25) is 4.79 Å². The Labute approximate surface area is 122 Å². The van der Waals surface area contributed by atoms with Gasteiger partial charge in [-0.05, 0) is 22.9 Å². The zero-order valence-electron chi connectivity index (χ0n) is 11.5. The summed E-state index contributed by atoms with van der Waals surface area (Å²) in [4.78, 5) is 24.0. The first-order chi connectivity index (χ1) is 10.1. The molecule has 0 aliphatic heterocycles. The minimum absolute atomic E-state index is 0.172. The Balaban J connectivity index is 2.15. The van der Waals surface area contributed by atoms with Crippen LogP contribution in [0.4, 0.5) is 10.5 Å². The Bertz CT molecular complexity index is 682. The molecule has 0 aliphatic rings. The average Bonchev–Trinajstić information content (AvgIpc) is 2.46. The largest absolute Gasteiger partial charge is 0.480 e. The molecule has 2 rings (SSSR count). The topological polar surface area (TPSA) is 69.6 Å². The van der Waals surface area contributed by atoms with E-state index in [1.54, 1.807) is 6.07 Å². The molecule has 0 bridgehead atoms. The van der Waals surface area contributed by atoms with Crippen LogP contribution in [-0.4, -0.2) is 35.1 Å².